The molecular weight excluding hydrogens is 340 g/mol. The fourth-order valence-corrected chi connectivity index (χ4v) is 3.46. The third kappa shape index (κ3) is 2.33. The number of nitrogens with one attached hydrogen (secondary N) is 2. The molecular formula is C18H15BrN2O. The van der Waals surface area contributed by atoms with Crippen LogP contribution in [0.15, 0.2) is 53.0 Å². The summed E-state index contributed by atoms with van der Waals surface area (Å²) in [5, 5.41) is 4.41. The number of carbonyl (C=O) groups is 1. The SMILES string of the molecule is O=C(NC1Cc2[nH]c3ccccc3c2C1)c1ccc(Br)cc1. The van der Waals surface area contributed by atoms with E-state index in [2.05, 4.69) is 44.4 Å². The van der Waals surface area contributed by atoms with Crippen molar-refractivity contribution in [2.45, 2.75) is 18.9 Å². The molecule has 110 valence electrons. The number of halogens is 1. The van der Waals surface area contributed by atoms with Gasteiger partial charge in [-0.3, -0.25) is 4.79 Å². The number of para-hydroxylation sites is 1. The van der Waals surface area contributed by atoms with Crippen molar-refractivity contribution in [1.82, 2.24) is 10.3 Å². The molecule has 1 amide bonds. The van der Waals surface area contributed by atoms with E-state index in [9.17, 15) is 4.79 Å². The molecule has 3 nitrogen and oxygen atoms in total. The first-order valence-corrected chi connectivity index (χ1v) is 8.15. The van der Waals surface area contributed by atoms with Crippen molar-refractivity contribution < 1.29 is 4.79 Å². The molecule has 0 saturated carbocycles. The van der Waals surface area contributed by atoms with E-state index in [1.54, 1.807) is 0 Å². The van der Waals surface area contributed by atoms with Crippen molar-refractivity contribution >= 4 is 32.7 Å². The minimum Gasteiger partial charge on any atom is -0.358 e. The molecule has 0 aliphatic heterocycles. The Hall–Kier alpha value is -2.07. The van der Waals surface area contributed by atoms with Crippen LogP contribution in [0.5, 0.6) is 0 Å². The summed E-state index contributed by atoms with van der Waals surface area (Å²) in [6.45, 7) is 0. The lowest BCUT2D eigenvalue weighted by molar-refractivity contribution is 0.0938. The van der Waals surface area contributed by atoms with Crippen molar-refractivity contribution in [3.05, 3.63) is 69.8 Å². The van der Waals surface area contributed by atoms with Crippen molar-refractivity contribution in [3.63, 3.8) is 0 Å². The quantitative estimate of drug-likeness (QED) is 0.721. The van der Waals surface area contributed by atoms with E-state index in [-0.39, 0.29) is 11.9 Å². The van der Waals surface area contributed by atoms with Gasteiger partial charge >= 0.3 is 0 Å². The molecule has 0 radical (unpaired) electrons. The van der Waals surface area contributed by atoms with Gasteiger partial charge in [0.15, 0.2) is 0 Å². The first-order chi connectivity index (χ1) is 10.7. The van der Waals surface area contributed by atoms with Gasteiger partial charge in [0.2, 0.25) is 0 Å². The van der Waals surface area contributed by atoms with Crippen LogP contribution < -0.4 is 5.32 Å². The molecule has 1 heterocycles. The van der Waals surface area contributed by atoms with E-state index in [1.807, 2.05) is 30.3 Å². The molecule has 22 heavy (non-hydrogen) atoms. The zero-order valence-corrected chi connectivity index (χ0v) is 13.5. The number of hydrogen-bond acceptors (Lipinski definition) is 1. The van der Waals surface area contributed by atoms with E-state index in [1.165, 1.54) is 22.2 Å². The number of aromatic nitrogens is 1. The maximum Gasteiger partial charge on any atom is 0.251 e. The molecule has 1 aromatic heterocycles. The van der Waals surface area contributed by atoms with Gasteiger partial charge in [0.25, 0.3) is 5.91 Å². The van der Waals surface area contributed by atoms with Gasteiger partial charge in [-0.05, 0) is 42.3 Å². The van der Waals surface area contributed by atoms with Crippen LogP contribution in [0.1, 0.15) is 21.6 Å². The molecule has 4 heteroatoms. The molecule has 0 fully saturated rings. The van der Waals surface area contributed by atoms with Crippen LogP contribution in [0.3, 0.4) is 0 Å². The van der Waals surface area contributed by atoms with Crippen LogP contribution >= 0.6 is 15.9 Å². The highest BCUT2D eigenvalue weighted by molar-refractivity contribution is 9.10. The number of amides is 1. The Bertz CT molecular complexity index is 851. The highest BCUT2D eigenvalue weighted by Gasteiger charge is 2.26. The molecule has 1 aliphatic carbocycles. The maximum absolute atomic E-state index is 12.3. The van der Waals surface area contributed by atoms with Crippen LogP contribution in [0.4, 0.5) is 0 Å². The van der Waals surface area contributed by atoms with Gasteiger partial charge < -0.3 is 10.3 Å². The zero-order valence-electron chi connectivity index (χ0n) is 11.9. The predicted octanol–water partition coefficient (Wildman–Crippen LogP) is 3.83. The van der Waals surface area contributed by atoms with Crippen LogP contribution in [0.2, 0.25) is 0 Å². The van der Waals surface area contributed by atoms with E-state index < -0.39 is 0 Å². The number of H-pyrrole nitrogens is 1. The topological polar surface area (TPSA) is 44.9 Å². The van der Waals surface area contributed by atoms with Crippen LogP contribution in [-0.2, 0) is 12.8 Å². The Morgan fingerprint density at radius 1 is 1.09 bits per heavy atom. The molecule has 2 N–H and O–H groups in total. The van der Waals surface area contributed by atoms with Crippen LogP contribution in [-0.4, -0.2) is 16.9 Å². The summed E-state index contributed by atoms with van der Waals surface area (Å²) >= 11 is 3.38. The molecule has 0 spiro atoms. The Balaban J connectivity index is 1.51. The number of fused-ring (bicyclic) bond motifs is 3. The monoisotopic (exact) mass is 354 g/mol. The highest BCUT2D eigenvalue weighted by Crippen LogP contribution is 2.30. The molecule has 1 unspecified atom stereocenters. The summed E-state index contributed by atoms with van der Waals surface area (Å²) in [6.07, 6.45) is 1.76. The van der Waals surface area contributed by atoms with Crippen molar-refractivity contribution in [3.8, 4) is 0 Å². The van der Waals surface area contributed by atoms with E-state index in [0.29, 0.717) is 5.56 Å². The number of benzene rings is 2. The van der Waals surface area contributed by atoms with Gasteiger partial charge in [0, 0.05) is 39.1 Å². The first-order valence-electron chi connectivity index (χ1n) is 7.35. The Labute approximate surface area is 136 Å². The average Bonchev–Trinajstić information content (AvgIpc) is 3.05. The summed E-state index contributed by atoms with van der Waals surface area (Å²) < 4.78 is 0.978. The Kier molecular flexibility index (Phi) is 3.26. The molecule has 3 aromatic rings. The Morgan fingerprint density at radius 2 is 1.86 bits per heavy atom. The summed E-state index contributed by atoms with van der Waals surface area (Å²) in [5.41, 5.74) is 4.48. The standard InChI is InChI=1S/C18H15BrN2O/c19-12-7-5-11(6-8-12)18(22)20-13-9-15-14-3-1-2-4-16(14)21-17(15)10-13/h1-8,13,21H,9-10H2,(H,20,22). The van der Waals surface area contributed by atoms with E-state index >= 15 is 0 Å². The Morgan fingerprint density at radius 3 is 2.68 bits per heavy atom. The minimum atomic E-state index is -0.00745. The molecule has 4 rings (SSSR count). The summed E-state index contributed by atoms with van der Waals surface area (Å²) in [5.74, 6) is -0.00745. The van der Waals surface area contributed by atoms with Gasteiger partial charge in [0.05, 0.1) is 0 Å². The lowest BCUT2D eigenvalue weighted by Gasteiger charge is -2.12. The molecule has 0 bridgehead atoms. The van der Waals surface area contributed by atoms with Crippen LogP contribution in [0, 0.1) is 0 Å². The zero-order chi connectivity index (χ0) is 15.1. The normalized spacial score (nSPS) is 16.7. The fraction of sp³-hybridized carbons (Fsp3) is 0.167. The third-order valence-corrected chi connectivity index (χ3v) is 4.77. The average molecular weight is 355 g/mol. The molecule has 1 atom stereocenters. The van der Waals surface area contributed by atoms with Crippen molar-refractivity contribution in [2.75, 3.05) is 0 Å². The van der Waals surface area contributed by atoms with E-state index in [0.717, 1.165) is 17.3 Å². The van der Waals surface area contributed by atoms with Gasteiger partial charge in [-0.1, -0.05) is 34.1 Å². The highest BCUT2D eigenvalue weighted by atomic mass is 79.9. The number of rotatable bonds is 2. The van der Waals surface area contributed by atoms with Gasteiger partial charge in [-0.2, -0.15) is 0 Å². The fourth-order valence-electron chi connectivity index (χ4n) is 3.20. The lowest BCUT2D eigenvalue weighted by Crippen LogP contribution is -2.35. The summed E-state index contributed by atoms with van der Waals surface area (Å²) in [7, 11) is 0. The van der Waals surface area contributed by atoms with E-state index in [4.69, 9.17) is 0 Å². The summed E-state index contributed by atoms with van der Waals surface area (Å²) in [4.78, 5) is 15.8. The van der Waals surface area contributed by atoms with Gasteiger partial charge in [-0.15, -0.1) is 0 Å². The largest absolute Gasteiger partial charge is 0.358 e. The number of hydrogen-bond donors (Lipinski definition) is 2. The molecule has 0 saturated heterocycles. The second-order valence-electron chi connectivity index (χ2n) is 5.71. The maximum atomic E-state index is 12.3. The molecule has 2 aromatic carbocycles. The van der Waals surface area contributed by atoms with Crippen molar-refractivity contribution in [1.29, 1.82) is 0 Å². The van der Waals surface area contributed by atoms with Crippen LogP contribution in [0.25, 0.3) is 10.9 Å². The second kappa shape index (κ2) is 5.29. The number of carbonyl (C=O) groups excluding carboxylic acids is 1. The third-order valence-electron chi connectivity index (χ3n) is 4.24. The van der Waals surface area contributed by atoms with Gasteiger partial charge in [-0.25, -0.2) is 0 Å². The van der Waals surface area contributed by atoms with Gasteiger partial charge in [0.1, 0.15) is 0 Å². The smallest absolute Gasteiger partial charge is 0.251 e. The predicted molar refractivity (Wildman–Crippen MR) is 91.1 cm³/mol. The lowest BCUT2D eigenvalue weighted by atomic mass is 10.1. The minimum absolute atomic E-state index is 0.00745. The summed E-state index contributed by atoms with van der Waals surface area (Å²) in [6, 6.07) is 16.0. The first kappa shape index (κ1) is 13.6. The number of aromatic amines is 1. The second-order valence-corrected chi connectivity index (χ2v) is 6.63. The molecule has 1 aliphatic rings. The van der Waals surface area contributed by atoms with Crippen molar-refractivity contribution in [2.24, 2.45) is 0 Å².